The third-order valence-electron chi connectivity index (χ3n) is 3.42. The van der Waals surface area contributed by atoms with Crippen molar-refractivity contribution in [2.45, 2.75) is 15.7 Å². The van der Waals surface area contributed by atoms with E-state index in [1.165, 1.54) is 26.8 Å². The average molecular weight is 287 g/mol. The smallest absolute Gasteiger partial charge is 0.0351 e. The monoisotopic (exact) mass is 287 g/mol. The molecule has 2 aromatic rings. The van der Waals surface area contributed by atoms with Gasteiger partial charge in [0.1, 0.15) is 0 Å². The predicted octanol–water partition coefficient (Wildman–Crippen LogP) is 4.71. The van der Waals surface area contributed by atoms with Crippen molar-refractivity contribution in [2.24, 2.45) is 0 Å². The predicted molar refractivity (Wildman–Crippen MR) is 86.6 cm³/mol. The molecule has 0 aliphatic carbocycles. The van der Waals surface area contributed by atoms with Crippen LogP contribution in [-0.4, -0.2) is 18.6 Å². The van der Waals surface area contributed by atoms with Crippen molar-refractivity contribution in [3.8, 4) is 0 Å². The van der Waals surface area contributed by atoms with E-state index in [0.29, 0.717) is 5.92 Å². The van der Waals surface area contributed by atoms with Crippen molar-refractivity contribution in [3.05, 3.63) is 54.1 Å². The Hall–Kier alpha value is -1.06. The van der Waals surface area contributed by atoms with Crippen LogP contribution in [0.15, 0.2) is 58.3 Å². The minimum atomic E-state index is 0.624. The Kier molecular flexibility index (Phi) is 4.04. The summed E-state index contributed by atoms with van der Waals surface area (Å²) in [7, 11) is 0. The number of nitrogens with one attached hydrogen (secondary N) is 1. The summed E-state index contributed by atoms with van der Waals surface area (Å²) in [4.78, 5) is 2.76. The van der Waals surface area contributed by atoms with Crippen molar-refractivity contribution in [3.63, 3.8) is 0 Å². The van der Waals surface area contributed by atoms with Crippen molar-refractivity contribution in [2.75, 3.05) is 23.9 Å². The number of thioether (sulfide) groups is 2. The number of fused-ring (bicyclic) bond motifs is 1. The summed E-state index contributed by atoms with van der Waals surface area (Å²) in [5.41, 5.74) is 2.72. The molecule has 0 bridgehead atoms. The van der Waals surface area contributed by atoms with E-state index in [1.807, 2.05) is 11.8 Å². The van der Waals surface area contributed by atoms with E-state index < -0.39 is 0 Å². The molecule has 98 valence electrons. The molecule has 3 heteroatoms. The van der Waals surface area contributed by atoms with Gasteiger partial charge in [0.05, 0.1) is 0 Å². The number of hydrogen-bond donors (Lipinski definition) is 1. The fourth-order valence-corrected chi connectivity index (χ4v) is 4.09. The fourth-order valence-electron chi connectivity index (χ4n) is 2.37. The van der Waals surface area contributed by atoms with Crippen LogP contribution in [0, 0.1) is 0 Å². The van der Waals surface area contributed by atoms with E-state index in [9.17, 15) is 0 Å². The average Bonchev–Trinajstić information content (AvgIpc) is 2.89. The first-order chi connectivity index (χ1) is 9.36. The number of hydrogen-bond acceptors (Lipinski definition) is 3. The highest BCUT2D eigenvalue weighted by atomic mass is 32.2. The lowest BCUT2D eigenvalue weighted by atomic mass is 10.0. The van der Waals surface area contributed by atoms with E-state index in [1.54, 1.807) is 11.8 Å². The minimum Gasteiger partial charge on any atom is -0.384 e. The van der Waals surface area contributed by atoms with Crippen LogP contribution in [0.1, 0.15) is 11.5 Å². The molecule has 1 nitrogen and oxygen atoms in total. The molecule has 1 N–H and O–H groups in total. The molecular weight excluding hydrogens is 270 g/mol. The van der Waals surface area contributed by atoms with Crippen LogP contribution < -0.4 is 5.32 Å². The standard InChI is InChI=1S/C16H17NS2/c1-18-14-6-4-5-13(9-14)17-10-12-11-19-16-8-3-2-7-15(12)16/h2-9,12,17H,10-11H2,1H3. The van der Waals surface area contributed by atoms with Gasteiger partial charge in [-0.05, 0) is 36.1 Å². The van der Waals surface area contributed by atoms with Gasteiger partial charge in [-0.3, -0.25) is 0 Å². The zero-order valence-electron chi connectivity index (χ0n) is 10.9. The van der Waals surface area contributed by atoms with Gasteiger partial charge in [-0.25, -0.2) is 0 Å². The third kappa shape index (κ3) is 2.93. The van der Waals surface area contributed by atoms with Crippen LogP contribution in [0.3, 0.4) is 0 Å². The summed E-state index contributed by atoms with van der Waals surface area (Å²) in [5.74, 6) is 1.81. The first-order valence-electron chi connectivity index (χ1n) is 6.46. The second-order valence-corrected chi connectivity index (χ2v) is 6.60. The first-order valence-corrected chi connectivity index (χ1v) is 8.67. The van der Waals surface area contributed by atoms with Gasteiger partial charge in [0, 0.05) is 33.7 Å². The third-order valence-corrected chi connectivity index (χ3v) is 5.40. The molecule has 0 saturated carbocycles. The van der Waals surface area contributed by atoms with E-state index >= 15 is 0 Å². The molecule has 1 aliphatic rings. The Morgan fingerprint density at radius 3 is 3.00 bits per heavy atom. The molecule has 2 aromatic carbocycles. The number of rotatable bonds is 4. The Balaban J connectivity index is 1.67. The summed E-state index contributed by atoms with van der Waals surface area (Å²) in [5, 5.41) is 3.58. The highest BCUT2D eigenvalue weighted by Gasteiger charge is 2.22. The van der Waals surface area contributed by atoms with E-state index in [2.05, 4.69) is 60.1 Å². The van der Waals surface area contributed by atoms with Crippen molar-refractivity contribution >= 4 is 29.2 Å². The van der Waals surface area contributed by atoms with Gasteiger partial charge in [0.2, 0.25) is 0 Å². The molecule has 1 unspecified atom stereocenters. The van der Waals surface area contributed by atoms with E-state index in [-0.39, 0.29) is 0 Å². The molecule has 0 fully saturated rings. The van der Waals surface area contributed by atoms with E-state index in [0.717, 1.165) is 6.54 Å². The Bertz CT molecular complexity index is 568. The fraction of sp³-hybridized carbons (Fsp3) is 0.250. The van der Waals surface area contributed by atoms with Crippen LogP contribution >= 0.6 is 23.5 Å². The maximum Gasteiger partial charge on any atom is 0.0351 e. The van der Waals surface area contributed by atoms with Crippen molar-refractivity contribution < 1.29 is 0 Å². The van der Waals surface area contributed by atoms with E-state index in [4.69, 9.17) is 0 Å². The number of benzene rings is 2. The van der Waals surface area contributed by atoms with Crippen LogP contribution in [0.4, 0.5) is 5.69 Å². The van der Waals surface area contributed by atoms with Crippen molar-refractivity contribution in [1.29, 1.82) is 0 Å². The lowest BCUT2D eigenvalue weighted by Crippen LogP contribution is -2.12. The summed E-state index contributed by atoms with van der Waals surface area (Å²) >= 11 is 3.76. The molecule has 0 spiro atoms. The topological polar surface area (TPSA) is 12.0 Å². The molecule has 3 rings (SSSR count). The molecule has 1 heterocycles. The van der Waals surface area contributed by atoms with Gasteiger partial charge in [-0.1, -0.05) is 24.3 Å². The lowest BCUT2D eigenvalue weighted by molar-refractivity contribution is 0.818. The highest BCUT2D eigenvalue weighted by molar-refractivity contribution is 7.99. The molecule has 0 saturated heterocycles. The molecule has 19 heavy (non-hydrogen) atoms. The summed E-state index contributed by atoms with van der Waals surface area (Å²) < 4.78 is 0. The van der Waals surface area contributed by atoms with Gasteiger partial charge in [-0.2, -0.15) is 0 Å². The lowest BCUT2D eigenvalue weighted by Gasteiger charge is -2.13. The Labute approximate surface area is 123 Å². The van der Waals surface area contributed by atoms with Gasteiger partial charge >= 0.3 is 0 Å². The normalized spacial score (nSPS) is 17.2. The molecule has 0 radical (unpaired) electrons. The maximum atomic E-state index is 3.58. The van der Waals surface area contributed by atoms with Gasteiger partial charge in [0.25, 0.3) is 0 Å². The van der Waals surface area contributed by atoms with Gasteiger partial charge in [0.15, 0.2) is 0 Å². The number of anilines is 1. The Morgan fingerprint density at radius 1 is 1.21 bits per heavy atom. The molecule has 0 amide bonds. The summed E-state index contributed by atoms with van der Waals surface area (Å²) in [6.45, 7) is 1.02. The second kappa shape index (κ2) is 5.93. The molecule has 0 aromatic heterocycles. The quantitative estimate of drug-likeness (QED) is 0.818. The highest BCUT2D eigenvalue weighted by Crippen LogP contribution is 2.39. The molecule has 1 atom stereocenters. The SMILES string of the molecule is CSc1cccc(NCC2CSc3ccccc32)c1. The zero-order chi connectivity index (χ0) is 13.1. The molecular formula is C16H17NS2. The van der Waals surface area contributed by atoms with Crippen molar-refractivity contribution in [1.82, 2.24) is 0 Å². The van der Waals surface area contributed by atoms with Crippen LogP contribution in [0.5, 0.6) is 0 Å². The van der Waals surface area contributed by atoms with Crippen LogP contribution in [0.2, 0.25) is 0 Å². The second-order valence-electron chi connectivity index (χ2n) is 4.66. The van der Waals surface area contributed by atoms with Crippen LogP contribution in [0.25, 0.3) is 0 Å². The van der Waals surface area contributed by atoms with Gasteiger partial charge < -0.3 is 5.32 Å². The maximum absolute atomic E-state index is 3.58. The minimum absolute atomic E-state index is 0.624. The largest absolute Gasteiger partial charge is 0.384 e. The Morgan fingerprint density at radius 2 is 2.11 bits per heavy atom. The first kappa shape index (κ1) is 12.9. The van der Waals surface area contributed by atoms with Gasteiger partial charge in [-0.15, -0.1) is 23.5 Å². The zero-order valence-corrected chi connectivity index (χ0v) is 12.6. The molecule has 1 aliphatic heterocycles. The summed E-state index contributed by atoms with van der Waals surface area (Å²) in [6, 6.07) is 17.4. The van der Waals surface area contributed by atoms with Crippen LogP contribution in [-0.2, 0) is 0 Å². The summed E-state index contributed by atoms with van der Waals surface area (Å²) in [6.07, 6.45) is 2.11.